The van der Waals surface area contributed by atoms with E-state index in [1.807, 2.05) is 19.2 Å². The minimum absolute atomic E-state index is 0.443. The van der Waals surface area contributed by atoms with Crippen LogP contribution in [0.1, 0.15) is 31.7 Å². The maximum absolute atomic E-state index is 6.26. The predicted octanol–water partition coefficient (Wildman–Crippen LogP) is 4.33. The normalized spacial score (nSPS) is 23.4. The van der Waals surface area contributed by atoms with Crippen molar-refractivity contribution in [3.63, 3.8) is 0 Å². The van der Waals surface area contributed by atoms with Gasteiger partial charge in [0.05, 0.1) is 16.1 Å². The van der Waals surface area contributed by atoms with Crippen molar-refractivity contribution in [1.29, 1.82) is 0 Å². The van der Waals surface area contributed by atoms with Gasteiger partial charge in [0.15, 0.2) is 0 Å². The second-order valence-electron chi connectivity index (χ2n) is 5.55. The lowest BCUT2D eigenvalue weighted by Gasteiger charge is -2.37. The van der Waals surface area contributed by atoms with Crippen molar-refractivity contribution in [2.75, 3.05) is 13.7 Å². The highest BCUT2D eigenvalue weighted by molar-refractivity contribution is 6.42. The van der Waals surface area contributed by atoms with Gasteiger partial charge in [-0.2, -0.15) is 0 Å². The van der Waals surface area contributed by atoms with E-state index >= 15 is 0 Å². The molecule has 1 fully saturated rings. The Hall–Kier alpha value is -0.280. The second kappa shape index (κ2) is 7.65. The summed E-state index contributed by atoms with van der Waals surface area (Å²) in [5, 5.41) is 4.73. The molecule has 1 aliphatic carbocycles. The maximum atomic E-state index is 6.26. The molecule has 1 aromatic rings. The summed E-state index contributed by atoms with van der Waals surface area (Å²) in [7, 11) is 2.02. The van der Waals surface area contributed by atoms with Crippen LogP contribution in [0.3, 0.4) is 0 Å². The van der Waals surface area contributed by atoms with Crippen LogP contribution in [0.5, 0.6) is 0 Å². The van der Waals surface area contributed by atoms with Gasteiger partial charge in [-0.05, 0) is 57.2 Å². The number of likely N-dealkylation sites (N-methyl/N-ethyl adjacent to an activating group) is 1. The third-order valence-electron chi connectivity index (χ3n) is 4.12. The van der Waals surface area contributed by atoms with E-state index in [-0.39, 0.29) is 0 Å². The van der Waals surface area contributed by atoms with Gasteiger partial charge < -0.3 is 10.1 Å². The zero-order valence-corrected chi connectivity index (χ0v) is 13.7. The molecule has 0 aliphatic heterocycles. The molecule has 20 heavy (non-hydrogen) atoms. The summed E-state index contributed by atoms with van der Waals surface area (Å²) >= 11 is 12.3. The zero-order chi connectivity index (χ0) is 14.5. The van der Waals surface area contributed by atoms with E-state index in [4.69, 9.17) is 27.9 Å². The first-order chi connectivity index (χ1) is 9.63. The molecule has 0 saturated heterocycles. The minimum atomic E-state index is 0.443. The Balaban J connectivity index is 1.85. The fourth-order valence-corrected chi connectivity index (χ4v) is 3.31. The van der Waals surface area contributed by atoms with E-state index in [0.29, 0.717) is 22.2 Å². The van der Waals surface area contributed by atoms with Gasteiger partial charge in [0, 0.05) is 12.6 Å². The topological polar surface area (TPSA) is 21.3 Å². The van der Waals surface area contributed by atoms with E-state index in [0.717, 1.165) is 24.5 Å². The predicted molar refractivity (Wildman–Crippen MR) is 85.8 cm³/mol. The first-order valence-corrected chi connectivity index (χ1v) is 8.11. The standard InChI is InChI=1S/C16H23Cl2NO/c1-3-20-14-8-11(9-14)7-13(19-2)10-12-5-4-6-15(17)16(12)18/h4-6,11,13-14,19H,3,7-10H2,1-2H3. The van der Waals surface area contributed by atoms with Crippen molar-refractivity contribution in [3.8, 4) is 0 Å². The lowest BCUT2D eigenvalue weighted by molar-refractivity contribution is -0.0288. The average molecular weight is 316 g/mol. The number of nitrogens with one attached hydrogen (secondary N) is 1. The highest BCUT2D eigenvalue weighted by Crippen LogP contribution is 2.34. The fourth-order valence-electron chi connectivity index (χ4n) is 2.92. The number of rotatable bonds is 7. The Bertz CT molecular complexity index is 432. The Kier molecular flexibility index (Phi) is 6.16. The van der Waals surface area contributed by atoms with Crippen LogP contribution in [0.15, 0.2) is 18.2 Å². The summed E-state index contributed by atoms with van der Waals surface area (Å²) in [5.74, 6) is 0.766. The van der Waals surface area contributed by atoms with Crippen LogP contribution >= 0.6 is 23.2 Å². The van der Waals surface area contributed by atoms with Crippen molar-refractivity contribution >= 4 is 23.2 Å². The third-order valence-corrected chi connectivity index (χ3v) is 4.98. The smallest absolute Gasteiger partial charge is 0.0624 e. The largest absolute Gasteiger partial charge is 0.378 e. The van der Waals surface area contributed by atoms with Gasteiger partial charge in [0.2, 0.25) is 0 Å². The molecule has 0 amide bonds. The van der Waals surface area contributed by atoms with E-state index < -0.39 is 0 Å². The van der Waals surface area contributed by atoms with Gasteiger partial charge >= 0.3 is 0 Å². The molecule has 2 nitrogen and oxygen atoms in total. The van der Waals surface area contributed by atoms with E-state index in [9.17, 15) is 0 Å². The molecule has 0 aromatic heterocycles. The molecule has 1 N–H and O–H groups in total. The molecule has 2 rings (SSSR count). The fraction of sp³-hybridized carbons (Fsp3) is 0.625. The lowest BCUT2D eigenvalue weighted by atomic mass is 9.77. The quantitative estimate of drug-likeness (QED) is 0.808. The molecule has 1 atom stereocenters. The molecule has 4 heteroatoms. The van der Waals surface area contributed by atoms with Crippen molar-refractivity contribution in [3.05, 3.63) is 33.8 Å². The zero-order valence-electron chi connectivity index (χ0n) is 12.2. The van der Waals surface area contributed by atoms with Crippen LogP contribution < -0.4 is 5.32 Å². The first kappa shape index (κ1) is 16.1. The van der Waals surface area contributed by atoms with Gasteiger partial charge in [-0.25, -0.2) is 0 Å². The molecule has 1 aromatic carbocycles. The minimum Gasteiger partial charge on any atom is -0.378 e. The van der Waals surface area contributed by atoms with Gasteiger partial charge in [0.1, 0.15) is 0 Å². The molecule has 1 aliphatic rings. The summed E-state index contributed by atoms with van der Waals surface area (Å²) in [6.07, 6.45) is 4.96. The summed E-state index contributed by atoms with van der Waals surface area (Å²) in [5.41, 5.74) is 1.12. The van der Waals surface area contributed by atoms with Crippen molar-refractivity contribution < 1.29 is 4.74 Å². The number of hydrogen-bond donors (Lipinski definition) is 1. The number of halogens is 2. The van der Waals surface area contributed by atoms with Crippen LogP contribution in [-0.4, -0.2) is 25.8 Å². The highest BCUT2D eigenvalue weighted by atomic mass is 35.5. The van der Waals surface area contributed by atoms with Crippen LogP contribution in [0, 0.1) is 5.92 Å². The summed E-state index contributed by atoms with van der Waals surface area (Å²) < 4.78 is 5.62. The Labute approximate surface area is 131 Å². The summed E-state index contributed by atoms with van der Waals surface area (Å²) in [6, 6.07) is 6.30. The van der Waals surface area contributed by atoms with Gasteiger partial charge in [0.25, 0.3) is 0 Å². The molecular formula is C16H23Cl2NO. The lowest BCUT2D eigenvalue weighted by Crippen LogP contribution is -2.38. The molecule has 0 spiro atoms. The molecule has 0 radical (unpaired) electrons. The SMILES string of the molecule is CCOC1CC(CC(Cc2cccc(Cl)c2Cl)NC)C1. The Morgan fingerprint density at radius 2 is 2.10 bits per heavy atom. The van der Waals surface area contributed by atoms with Crippen LogP contribution in [-0.2, 0) is 11.2 Å². The van der Waals surface area contributed by atoms with Gasteiger partial charge in [-0.3, -0.25) is 0 Å². The maximum Gasteiger partial charge on any atom is 0.0624 e. The summed E-state index contributed by atoms with van der Waals surface area (Å²) in [6.45, 7) is 2.88. The Morgan fingerprint density at radius 3 is 2.75 bits per heavy atom. The molecular weight excluding hydrogens is 293 g/mol. The average Bonchev–Trinajstić information content (AvgIpc) is 2.40. The van der Waals surface area contributed by atoms with E-state index in [1.165, 1.54) is 19.3 Å². The second-order valence-corrected chi connectivity index (χ2v) is 6.34. The molecule has 0 heterocycles. The number of hydrogen-bond acceptors (Lipinski definition) is 2. The van der Waals surface area contributed by atoms with Gasteiger partial charge in [-0.15, -0.1) is 0 Å². The van der Waals surface area contributed by atoms with Crippen LogP contribution in [0.25, 0.3) is 0 Å². The molecule has 1 unspecified atom stereocenters. The number of ether oxygens (including phenoxy) is 1. The monoisotopic (exact) mass is 315 g/mol. The van der Waals surface area contributed by atoms with Crippen LogP contribution in [0.2, 0.25) is 10.0 Å². The van der Waals surface area contributed by atoms with Crippen molar-refractivity contribution in [1.82, 2.24) is 5.32 Å². The van der Waals surface area contributed by atoms with Crippen molar-refractivity contribution in [2.45, 2.75) is 44.8 Å². The Morgan fingerprint density at radius 1 is 1.35 bits per heavy atom. The summed E-state index contributed by atoms with van der Waals surface area (Å²) in [4.78, 5) is 0. The number of benzene rings is 1. The van der Waals surface area contributed by atoms with E-state index in [1.54, 1.807) is 0 Å². The van der Waals surface area contributed by atoms with E-state index in [2.05, 4.69) is 18.3 Å². The molecule has 112 valence electrons. The van der Waals surface area contributed by atoms with Gasteiger partial charge in [-0.1, -0.05) is 35.3 Å². The third kappa shape index (κ3) is 4.11. The highest BCUT2D eigenvalue weighted by Gasteiger charge is 2.31. The first-order valence-electron chi connectivity index (χ1n) is 7.35. The van der Waals surface area contributed by atoms with Crippen molar-refractivity contribution in [2.24, 2.45) is 5.92 Å². The molecule has 0 bridgehead atoms. The van der Waals surface area contributed by atoms with Crippen LogP contribution in [0.4, 0.5) is 0 Å². The molecule has 1 saturated carbocycles.